The van der Waals surface area contributed by atoms with Gasteiger partial charge in [0.05, 0.1) is 6.61 Å². The zero-order valence-corrected chi connectivity index (χ0v) is 13.4. The molecule has 6 nitrogen and oxygen atoms in total. The van der Waals surface area contributed by atoms with E-state index in [2.05, 4.69) is 40.8 Å². The van der Waals surface area contributed by atoms with Gasteiger partial charge in [-0.2, -0.15) is 4.98 Å². The van der Waals surface area contributed by atoms with Gasteiger partial charge in [-0.3, -0.25) is 0 Å². The van der Waals surface area contributed by atoms with Gasteiger partial charge in [0.2, 0.25) is 5.88 Å². The van der Waals surface area contributed by atoms with Crippen molar-refractivity contribution in [3.63, 3.8) is 0 Å². The first-order valence-corrected chi connectivity index (χ1v) is 7.74. The van der Waals surface area contributed by atoms with Gasteiger partial charge in [-0.05, 0) is 39.3 Å². The van der Waals surface area contributed by atoms with Gasteiger partial charge >= 0.3 is 0 Å². The molecule has 0 radical (unpaired) electrons. The summed E-state index contributed by atoms with van der Waals surface area (Å²) in [6, 6.07) is 0. The van der Waals surface area contributed by atoms with Crippen molar-refractivity contribution in [2.75, 3.05) is 51.0 Å². The van der Waals surface area contributed by atoms with Crippen molar-refractivity contribution in [1.82, 2.24) is 14.9 Å². The summed E-state index contributed by atoms with van der Waals surface area (Å²) in [6.45, 7) is 5.83. The predicted molar refractivity (Wildman–Crippen MR) is 85.7 cm³/mol. The monoisotopic (exact) mass is 293 g/mol. The molecule has 0 saturated carbocycles. The molecule has 2 rings (SSSR count). The van der Waals surface area contributed by atoms with E-state index in [1.165, 1.54) is 12.8 Å². The molecule has 0 bridgehead atoms. The summed E-state index contributed by atoms with van der Waals surface area (Å²) in [5, 5.41) is 0. The Morgan fingerprint density at radius 1 is 1.33 bits per heavy atom. The fourth-order valence-corrected chi connectivity index (χ4v) is 2.78. The largest absolute Gasteiger partial charge is 0.476 e. The molecule has 1 saturated heterocycles. The van der Waals surface area contributed by atoms with Crippen molar-refractivity contribution in [2.45, 2.75) is 26.2 Å². The van der Waals surface area contributed by atoms with Crippen LogP contribution in [-0.2, 0) is 0 Å². The van der Waals surface area contributed by atoms with Crippen LogP contribution in [0.3, 0.4) is 0 Å². The van der Waals surface area contributed by atoms with Crippen LogP contribution in [0.15, 0.2) is 6.33 Å². The second-order valence-corrected chi connectivity index (χ2v) is 5.96. The standard InChI is InChI=1S/C15H27N5O/c1-4-9-21-15-13(16)14(17-11-18-15)20-7-5-12(6-8-20)10-19(2)3/h11-12H,4-10,16H2,1-3H3. The molecule has 0 aliphatic carbocycles. The van der Waals surface area contributed by atoms with E-state index in [0.717, 1.165) is 37.8 Å². The lowest BCUT2D eigenvalue weighted by molar-refractivity contribution is 0.284. The van der Waals surface area contributed by atoms with E-state index in [4.69, 9.17) is 10.5 Å². The lowest BCUT2D eigenvalue weighted by Crippen LogP contribution is -2.38. The molecule has 21 heavy (non-hydrogen) atoms. The Hall–Kier alpha value is -1.56. The molecule has 2 N–H and O–H groups in total. The third kappa shape index (κ3) is 4.20. The number of nitrogens with zero attached hydrogens (tertiary/aromatic N) is 4. The molecule has 1 aliphatic heterocycles. The fraction of sp³-hybridized carbons (Fsp3) is 0.733. The average Bonchev–Trinajstić information content (AvgIpc) is 2.47. The Bertz CT molecular complexity index is 444. The highest BCUT2D eigenvalue weighted by Gasteiger charge is 2.23. The summed E-state index contributed by atoms with van der Waals surface area (Å²) in [6.07, 6.45) is 4.83. The molecule has 6 heteroatoms. The van der Waals surface area contributed by atoms with Crippen LogP contribution >= 0.6 is 0 Å². The van der Waals surface area contributed by atoms with Crippen LogP contribution in [0.2, 0.25) is 0 Å². The number of ether oxygens (including phenoxy) is 1. The summed E-state index contributed by atoms with van der Waals surface area (Å²) >= 11 is 0. The van der Waals surface area contributed by atoms with Crippen molar-refractivity contribution < 1.29 is 4.74 Å². The molecular weight excluding hydrogens is 266 g/mol. The van der Waals surface area contributed by atoms with Crippen LogP contribution in [0.4, 0.5) is 11.5 Å². The third-order valence-corrected chi connectivity index (χ3v) is 3.81. The van der Waals surface area contributed by atoms with E-state index in [1.54, 1.807) is 6.33 Å². The zero-order valence-electron chi connectivity index (χ0n) is 13.4. The topological polar surface area (TPSA) is 67.5 Å². The Labute approximate surface area is 127 Å². The quantitative estimate of drug-likeness (QED) is 0.860. The molecule has 0 amide bonds. The van der Waals surface area contributed by atoms with E-state index < -0.39 is 0 Å². The van der Waals surface area contributed by atoms with Crippen LogP contribution in [0.1, 0.15) is 26.2 Å². The van der Waals surface area contributed by atoms with Gasteiger partial charge in [0.15, 0.2) is 5.82 Å². The lowest BCUT2D eigenvalue weighted by Gasteiger charge is -2.34. The van der Waals surface area contributed by atoms with E-state index in [0.29, 0.717) is 18.2 Å². The average molecular weight is 293 g/mol. The number of hydrogen-bond acceptors (Lipinski definition) is 6. The summed E-state index contributed by atoms with van der Waals surface area (Å²) in [5.41, 5.74) is 6.74. The number of aromatic nitrogens is 2. The maximum atomic E-state index is 6.17. The molecule has 118 valence electrons. The van der Waals surface area contributed by atoms with Gasteiger partial charge in [0, 0.05) is 19.6 Å². The summed E-state index contributed by atoms with van der Waals surface area (Å²) in [4.78, 5) is 13.0. The van der Waals surface area contributed by atoms with E-state index in [-0.39, 0.29) is 0 Å². The normalized spacial score (nSPS) is 16.5. The first-order chi connectivity index (χ1) is 10.1. The van der Waals surface area contributed by atoms with Crippen molar-refractivity contribution in [1.29, 1.82) is 0 Å². The first kappa shape index (κ1) is 15.8. The molecule has 2 heterocycles. The molecular formula is C15H27N5O. The van der Waals surface area contributed by atoms with Gasteiger partial charge in [0.1, 0.15) is 12.0 Å². The summed E-state index contributed by atoms with van der Waals surface area (Å²) in [5.74, 6) is 2.09. The highest BCUT2D eigenvalue weighted by Crippen LogP contribution is 2.31. The van der Waals surface area contributed by atoms with E-state index >= 15 is 0 Å². The lowest BCUT2D eigenvalue weighted by atomic mass is 9.96. The fourth-order valence-electron chi connectivity index (χ4n) is 2.78. The summed E-state index contributed by atoms with van der Waals surface area (Å²) < 4.78 is 5.58. The molecule has 0 atom stereocenters. The van der Waals surface area contributed by atoms with Crippen molar-refractivity contribution in [3.05, 3.63) is 6.33 Å². The second kappa shape index (κ2) is 7.45. The minimum Gasteiger partial charge on any atom is -0.476 e. The predicted octanol–water partition coefficient (Wildman–Crippen LogP) is 1.63. The van der Waals surface area contributed by atoms with Gasteiger partial charge in [-0.1, -0.05) is 6.92 Å². The van der Waals surface area contributed by atoms with Gasteiger partial charge < -0.3 is 20.3 Å². The molecule has 1 aromatic rings. The maximum Gasteiger partial charge on any atom is 0.242 e. The SMILES string of the molecule is CCCOc1ncnc(N2CCC(CN(C)C)CC2)c1N. The van der Waals surface area contributed by atoms with Gasteiger partial charge in [-0.15, -0.1) is 0 Å². The van der Waals surface area contributed by atoms with Crippen molar-refractivity contribution in [3.8, 4) is 5.88 Å². The van der Waals surface area contributed by atoms with Crippen LogP contribution in [0.5, 0.6) is 5.88 Å². The van der Waals surface area contributed by atoms with E-state index in [1.807, 2.05) is 0 Å². The van der Waals surface area contributed by atoms with Crippen LogP contribution in [0, 0.1) is 5.92 Å². The summed E-state index contributed by atoms with van der Waals surface area (Å²) in [7, 11) is 4.26. The number of rotatable bonds is 6. The van der Waals surface area contributed by atoms with Gasteiger partial charge in [-0.25, -0.2) is 4.98 Å². The number of nitrogen functional groups attached to an aromatic ring is 1. The number of nitrogens with two attached hydrogens (primary N) is 1. The smallest absolute Gasteiger partial charge is 0.242 e. The molecule has 0 spiro atoms. The highest BCUT2D eigenvalue weighted by molar-refractivity contribution is 5.67. The van der Waals surface area contributed by atoms with Crippen LogP contribution in [0.25, 0.3) is 0 Å². The van der Waals surface area contributed by atoms with Crippen LogP contribution in [-0.4, -0.2) is 55.2 Å². The number of hydrogen-bond donors (Lipinski definition) is 1. The molecule has 0 aromatic carbocycles. The molecule has 1 fully saturated rings. The van der Waals surface area contributed by atoms with Gasteiger partial charge in [0.25, 0.3) is 0 Å². The molecule has 1 aromatic heterocycles. The number of piperidine rings is 1. The Balaban J connectivity index is 2.00. The minimum absolute atomic E-state index is 0.511. The first-order valence-electron chi connectivity index (χ1n) is 7.74. The number of anilines is 2. The Kier molecular flexibility index (Phi) is 5.61. The Morgan fingerprint density at radius 3 is 2.67 bits per heavy atom. The van der Waals surface area contributed by atoms with E-state index in [9.17, 15) is 0 Å². The minimum atomic E-state index is 0.511. The van der Waals surface area contributed by atoms with Crippen molar-refractivity contribution in [2.24, 2.45) is 5.92 Å². The zero-order chi connectivity index (χ0) is 15.2. The molecule has 1 aliphatic rings. The molecule has 0 unspecified atom stereocenters. The highest BCUT2D eigenvalue weighted by atomic mass is 16.5. The third-order valence-electron chi connectivity index (χ3n) is 3.81. The Morgan fingerprint density at radius 2 is 2.05 bits per heavy atom. The maximum absolute atomic E-state index is 6.17. The van der Waals surface area contributed by atoms with Crippen molar-refractivity contribution >= 4 is 11.5 Å². The second-order valence-electron chi connectivity index (χ2n) is 5.96. The van der Waals surface area contributed by atoms with Crippen LogP contribution < -0.4 is 15.4 Å².